The second kappa shape index (κ2) is 12.2. The molecule has 1 rings (SSSR count). The minimum atomic E-state index is -0.165. The fraction of sp³-hybridized carbons (Fsp3) is 0.556. The molecule has 0 aliphatic heterocycles. The number of guanidine groups is 1. The first-order valence-electron chi connectivity index (χ1n) is 8.50. The van der Waals surface area contributed by atoms with Gasteiger partial charge in [-0.1, -0.05) is 18.2 Å². The predicted octanol–water partition coefficient (Wildman–Crippen LogP) is 2.14. The molecular formula is C18H29N3O3. The second-order valence-corrected chi connectivity index (χ2v) is 5.16. The number of nitrogens with zero attached hydrogens (tertiary/aromatic N) is 1. The van der Waals surface area contributed by atoms with Crippen LogP contribution in [0.25, 0.3) is 0 Å². The van der Waals surface area contributed by atoms with Crippen molar-refractivity contribution in [1.82, 2.24) is 10.6 Å². The molecule has 0 saturated carbocycles. The zero-order valence-corrected chi connectivity index (χ0v) is 14.9. The molecule has 134 valence electrons. The standard InChI is InChI=1S/C18H29N3O3/c1-4-19-18(20-13-8-11-17(22)24-5-2)21-14-12-15-9-6-7-10-16(15)23-3/h6-7,9-10H,4-5,8,11-14H2,1-3H3,(H2,19,20,21). The molecule has 2 N–H and O–H groups in total. The van der Waals surface area contributed by atoms with Gasteiger partial charge in [0, 0.05) is 26.1 Å². The maximum absolute atomic E-state index is 11.3. The zero-order valence-electron chi connectivity index (χ0n) is 14.9. The Hall–Kier alpha value is -2.24. The molecule has 0 fully saturated rings. The Morgan fingerprint density at radius 1 is 1.21 bits per heavy atom. The molecule has 24 heavy (non-hydrogen) atoms. The van der Waals surface area contributed by atoms with Crippen molar-refractivity contribution in [2.24, 2.45) is 4.99 Å². The highest BCUT2D eigenvalue weighted by Crippen LogP contribution is 2.17. The lowest BCUT2D eigenvalue weighted by atomic mass is 10.1. The number of hydrogen-bond acceptors (Lipinski definition) is 4. The number of para-hydroxylation sites is 1. The van der Waals surface area contributed by atoms with Crippen LogP contribution in [0.4, 0.5) is 0 Å². The summed E-state index contributed by atoms with van der Waals surface area (Å²) in [6.45, 7) is 6.39. The molecule has 0 aliphatic carbocycles. The molecule has 0 saturated heterocycles. The predicted molar refractivity (Wildman–Crippen MR) is 96.5 cm³/mol. The highest BCUT2D eigenvalue weighted by atomic mass is 16.5. The molecule has 1 aromatic rings. The topological polar surface area (TPSA) is 72.0 Å². The average molecular weight is 335 g/mol. The van der Waals surface area contributed by atoms with Crippen molar-refractivity contribution in [3.8, 4) is 5.75 Å². The van der Waals surface area contributed by atoms with E-state index in [9.17, 15) is 4.79 Å². The lowest BCUT2D eigenvalue weighted by Crippen LogP contribution is -2.38. The maximum Gasteiger partial charge on any atom is 0.305 e. The number of nitrogens with one attached hydrogen (secondary N) is 2. The van der Waals surface area contributed by atoms with Crippen LogP contribution < -0.4 is 15.4 Å². The van der Waals surface area contributed by atoms with Crippen LogP contribution in [0.5, 0.6) is 5.75 Å². The van der Waals surface area contributed by atoms with E-state index in [1.54, 1.807) is 7.11 Å². The summed E-state index contributed by atoms with van der Waals surface area (Å²) in [5, 5.41) is 6.50. The van der Waals surface area contributed by atoms with Crippen LogP contribution in [0, 0.1) is 0 Å². The van der Waals surface area contributed by atoms with Gasteiger partial charge in [-0.25, -0.2) is 0 Å². The number of rotatable bonds is 10. The van der Waals surface area contributed by atoms with Gasteiger partial charge in [0.15, 0.2) is 5.96 Å². The molecule has 0 atom stereocenters. The van der Waals surface area contributed by atoms with E-state index in [1.165, 1.54) is 0 Å². The minimum Gasteiger partial charge on any atom is -0.496 e. The molecule has 0 radical (unpaired) electrons. The number of carbonyl (C=O) groups excluding carboxylic acids is 1. The first kappa shape index (κ1) is 19.8. The number of carbonyl (C=O) groups is 1. The van der Waals surface area contributed by atoms with Gasteiger partial charge in [-0.15, -0.1) is 0 Å². The fourth-order valence-electron chi connectivity index (χ4n) is 2.21. The number of esters is 1. The van der Waals surface area contributed by atoms with Crippen LogP contribution in [0.1, 0.15) is 32.3 Å². The normalized spacial score (nSPS) is 11.0. The van der Waals surface area contributed by atoms with Crippen molar-refractivity contribution in [1.29, 1.82) is 0 Å². The Morgan fingerprint density at radius 3 is 2.71 bits per heavy atom. The van der Waals surface area contributed by atoms with Gasteiger partial charge in [0.25, 0.3) is 0 Å². The summed E-state index contributed by atoms with van der Waals surface area (Å²) in [5.41, 5.74) is 1.16. The fourth-order valence-corrected chi connectivity index (χ4v) is 2.21. The molecule has 0 unspecified atom stereocenters. The molecule has 1 aromatic carbocycles. The van der Waals surface area contributed by atoms with E-state index < -0.39 is 0 Å². The van der Waals surface area contributed by atoms with E-state index in [0.29, 0.717) is 26.0 Å². The quantitative estimate of drug-likeness (QED) is 0.297. The van der Waals surface area contributed by atoms with E-state index in [-0.39, 0.29) is 5.97 Å². The average Bonchev–Trinajstić information content (AvgIpc) is 2.59. The lowest BCUT2D eigenvalue weighted by Gasteiger charge is -2.12. The second-order valence-electron chi connectivity index (χ2n) is 5.16. The van der Waals surface area contributed by atoms with E-state index >= 15 is 0 Å². The Kier molecular flexibility index (Phi) is 10.1. The van der Waals surface area contributed by atoms with Crippen molar-refractivity contribution in [2.75, 3.05) is 33.4 Å². The lowest BCUT2D eigenvalue weighted by molar-refractivity contribution is -0.143. The number of hydrogen-bond donors (Lipinski definition) is 2. The molecule has 6 heteroatoms. The molecule has 0 heterocycles. The maximum atomic E-state index is 11.3. The Morgan fingerprint density at radius 2 is 2.00 bits per heavy atom. The van der Waals surface area contributed by atoms with Gasteiger partial charge in [-0.05, 0) is 38.3 Å². The molecule has 6 nitrogen and oxygen atoms in total. The third-order valence-electron chi connectivity index (χ3n) is 3.34. The van der Waals surface area contributed by atoms with Crippen LogP contribution in [-0.4, -0.2) is 45.3 Å². The number of benzene rings is 1. The Labute approximate surface area is 144 Å². The van der Waals surface area contributed by atoms with Crippen LogP contribution in [-0.2, 0) is 16.0 Å². The largest absolute Gasteiger partial charge is 0.496 e. The number of ether oxygens (including phenoxy) is 2. The minimum absolute atomic E-state index is 0.165. The summed E-state index contributed by atoms with van der Waals surface area (Å²) >= 11 is 0. The first-order valence-corrected chi connectivity index (χ1v) is 8.50. The summed E-state index contributed by atoms with van der Waals surface area (Å²) < 4.78 is 10.3. The molecule has 0 amide bonds. The van der Waals surface area contributed by atoms with Crippen molar-refractivity contribution in [2.45, 2.75) is 33.1 Å². The summed E-state index contributed by atoms with van der Waals surface area (Å²) in [7, 11) is 1.68. The van der Waals surface area contributed by atoms with Gasteiger partial charge in [0.1, 0.15) is 5.75 Å². The molecule has 0 aliphatic rings. The molecular weight excluding hydrogens is 306 g/mol. The first-order chi connectivity index (χ1) is 11.7. The van der Waals surface area contributed by atoms with Crippen LogP contribution >= 0.6 is 0 Å². The van der Waals surface area contributed by atoms with Gasteiger partial charge >= 0.3 is 5.97 Å². The Bertz CT molecular complexity index is 518. The van der Waals surface area contributed by atoms with Crippen LogP contribution in [0.2, 0.25) is 0 Å². The van der Waals surface area contributed by atoms with Gasteiger partial charge in [0.2, 0.25) is 0 Å². The van der Waals surface area contributed by atoms with Gasteiger partial charge in [-0.3, -0.25) is 9.79 Å². The summed E-state index contributed by atoms with van der Waals surface area (Å²) in [5.74, 6) is 1.49. The monoisotopic (exact) mass is 335 g/mol. The van der Waals surface area contributed by atoms with E-state index in [1.807, 2.05) is 32.0 Å². The van der Waals surface area contributed by atoms with Crippen LogP contribution in [0.15, 0.2) is 29.3 Å². The highest BCUT2D eigenvalue weighted by molar-refractivity contribution is 5.79. The van der Waals surface area contributed by atoms with Gasteiger partial charge < -0.3 is 20.1 Å². The van der Waals surface area contributed by atoms with Crippen LogP contribution in [0.3, 0.4) is 0 Å². The van der Waals surface area contributed by atoms with Crippen molar-refractivity contribution >= 4 is 11.9 Å². The third kappa shape index (κ3) is 7.85. The van der Waals surface area contributed by atoms with E-state index in [0.717, 1.165) is 36.8 Å². The van der Waals surface area contributed by atoms with E-state index in [2.05, 4.69) is 21.7 Å². The van der Waals surface area contributed by atoms with E-state index in [4.69, 9.17) is 9.47 Å². The molecule has 0 spiro atoms. The van der Waals surface area contributed by atoms with Crippen molar-refractivity contribution in [3.63, 3.8) is 0 Å². The van der Waals surface area contributed by atoms with Crippen molar-refractivity contribution < 1.29 is 14.3 Å². The SMILES string of the molecule is CCNC(=NCCCC(=O)OCC)NCCc1ccccc1OC. The summed E-state index contributed by atoms with van der Waals surface area (Å²) in [4.78, 5) is 15.8. The Balaban J connectivity index is 2.39. The summed E-state index contributed by atoms with van der Waals surface area (Å²) in [6.07, 6.45) is 1.93. The number of methoxy groups -OCH3 is 1. The van der Waals surface area contributed by atoms with Gasteiger partial charge in [-0.2, -0.15) is 0 Å². The summed E-state index contributed by atoms with van der Waals surface area (Å²) in [6, 6.07) is 7.99. The molecule has 0 aromatic heterocycles. The third-order valence-corrected chi connectivity index (χ3v) is 3.34. The smallest absolute Gasteiger partial charge is 0.305 e. The van der Waals surface area contributed by atoms with Crippen molar-refractivity contribution in [3.05, 3.63) is 29.8 Å². The van der Waals surface area contributed by atoms with Gasteiger partial charge in [0.05, 0.1) is 13.7 Å². The molecule has 0 bridgehead atoms. The highest BCUT2D eigenvalue weighted by Gasteiger charge is 2.03. The number of aliphatic imine (C=N–C) groups is 1. The zero-order chi connectivity index (χ0) is 17.6.